The van der Waals surface area contributed by atoms with Gasteiger partial charge in [-0.15, -0.1) is 0 Å². The highest BCUT2D eigenvalue weighted by atomic mass is 35.5. The molecule has 2 heterocycles. The zero-order valence-corrected chi connectivity index (χ0v) is 19.7. The van der Waals surface area contributed by atoms with Gasteiger partial charge in [-0.25, -0.2) is 9.78 Å². The molecule has 0 atom stereocenters. The van der Waals surface area contributed by atoms with Gasteiger partial charge in [0.2, 0.25) is 5.91 Å². The van der Waals surface area contributed by atoms with Crippen LogP contribution in [0.15, 0.2) is 40.1 Å². The number of aromatic nitrogens is 3. The van der Waals surface area contributed by atoms with Gasteiger partial charge in [0.05, 0.1) is 21.7 Å². The Balaban J connectivity index is 1.87. The van der Waals surface area contributed by atoms with Crippen LogP contribution in [0.1, 0.15) is 37.0 Å². The maximum absolute atomic E-state index is 13.1. The van der Waals surface area contributed by atoms with Gasteiger partial charge >= 0.3 is 5.69 Å². The van der Waals surface area contributed by atoms with Crippen LogP contribution in [0.2, 0.25) is 10.0 Å². The fourth-order valence-electron chi connectivity index (χ4n) is 3.37. The van der Waals surface area contributed by atoms with Crippen molar-refractivity contribution in [3.63, 3.8) is 0 Å². The molecule has 3 aromatic rings. The lowest BCUT2D eigenvalue weighted by Gasteiger charge is -2.22. The average Bonchev–Trinajstić information content (AvgIpc) is 2.77. The fraction of sp³-hybridized carbons (Fsp3) is 0.318. The van der Waals surface area contributed by atoms with E-state index in [1.54, 1.807) is 12.1 Å². The van der Waals surface area contributed by atoms with Crippen LogP contribution in [-0.2, 0) is 11.3 Å². The number of amides is 2. The van der Waals surface area contributed by atoms with E-state index in [4.69, 9.17) is 23.2 Å². The van der Waals surface area contributed by atoms with E-state index in [1.165, 1.54) is 27.8 Å². The fourth-order valence-corrected chi connectivity index (χ4v) is 3.83. The number of carbonyl (C=O) groups excluding carboxylic acids is 2. The number of benzene rings is 1. The molecule has 0 radical (unpaired) electrons. The zero-order valence-electron chi connectivity index (χ0n) is 18.2. The minimum Gasteiger partial charge on any atom is -0.329 e. The molecular formula is C22H23Cl2N5O4. The van der Waals surface area contributed by atoms with Crippen LogP contribution in [0.5, 0.6) is 0 Å². The van der Waals surface area contributed by atoms with Gasteiger partial charge in [-0.1, -0.05) is 37.0 Å². The van der Waals surface area contributed by atoms with Gasteiger partial charge in [0.25, 0.3) is 11.5 Å². The first-order valence-corrected chi connectivity index (χ1v) is 11.2. The summed E-state index contributed by atoms with van der Waals surface area (Å²) in [5, 5.41) is 3.51. The van der Waals surface area contributed by atoms with Crippen molar-refractivity contribution >= 4 is 51.7 Å². The highest BCUT2D eigenvalue weighted by Crippen LogP contribution is 2.25. The Labute approximate surface area is 199 Å². The number of hydrogen-bond acceptors (Lipinski definition) is 5. The Morgan fingerprint density at radius 1 is 1.15 bits per heavy atom. The predicted molar refractivity (Wildman–Crippen MR) is 128 cm³/mol. The first-order valence-electron chi connectivity index (χ1n) is 10.4. The summed E-state index contributed by atoms with van der Waals surface area (Å²) < 4.78 is 1.36. The SMILES string of the molecule is CCCN(CC(=O)Nc1ccc(Cl)cc1Cl)C(=O)c1cnc2c(c1)c(=O)[nH]c(=O)n2CCC. The standard InChI is InChI=1S/C22H23Cl2N5O4/c1-3-7-28(12-18(30)26-17-6-5-14(23)10-16(17)24)21(32)13-9-15-19(25-11-13)29(8-4-2)22(33)27-20(15)31/h5-6,9-11H,3-4,7-8,12H2,1-2H3,(H,26,30)(H,27,31,33). The minimum atomic E-state index is -0.623. The Morgan fingerprint density at radius 3 is 2.58 bits per heavy atom. The number of rotatable bonds is 8. The molecule has 0 unspecified atom stereocenters. The first-order chi connectivity index (χ1) is 15.7. The molecule has 2 aromatic heterocycles. The summed E-state index contributed by atoms with van der Waals surface area (Å²) in [5.74, 6) is -0.902. The van der Waals surface area contributed by atoms with E-state index in [2.05, 4.69) is 15.3 Å². The summed E-state index contributed by atoms with van der Waals surface area (Å²) in [7, 11) is 0. The van der Waals surface area contributed by atoms with Crippen molar-refractivity contribution in [2.24, 2.45) is 0 Å². The van der Waals surface area contributed by atoms with Crippen LogP contribution in [0, 0.1) is 0 Å². The summed E-state index contributed by atoms with van der Waals surface area (Å²) in [6, 6.07) is 6.06. The lowest BCUT2D eigenvalue weighted by Crippen LogP contribution is -2.39. The van der Waals surface area contributed by atoms with Crippen molar-refractivity contribution in [1.82, 2.24) is 19.4 Å². The molecule has 0 aliphatic heterocycles. The van der Waals surface area contributed by atoms with Gasteiger partial charge in [-0.2, -0.15) is 0 Å². The normalized spacial score (nSPS) is 10.9. The van der Waals surface area contributed by atoms with Gasteiger partial charge in [0.1, 0.15) is 12.2 Å². The molecule has 11 heteroatoms. The van der Waals surface area contributed by atoms with Gasteiger partial charge in [-0.05, 0) is 37.1 Å². The van der Waals surface area contributed by atoms with Crippen LogP contribution in [0.4, 0.5) is 5.69 Å². The number of carbonyl (C=O) groups is 2. The number of nitrogens with one attached hydrogen (secondary N) is 2. The third-order valence-electron chi connectivity index (χ3n) is 4.85. The second kappa shape index (κ2) is 10.6. The van der Waals surface area contributed by atoms with Gasteiger partial charge < -0.3 is 10.2 Å². The molecule has 33 heavy (non-hydrogen) atoms. The number of aryl methyl sites for hydroxylation is 1. The lowest BCUT2D eigenvalue weighted by molar-refractivity contribution is -0.116. The third-order valence-corrected chi connectivity index (χ3v) is 5.39. The Bertz CT molecular complexity index is 1320. The Morgan fingerprint density at radius 2 is 1.91 bits per heavy atom. The summed E-state index contributed by atoms with van der Waals surface area (Å²) in [5.41, 5.74) is -0.449. The van der Waals surface area contributed by atoms with Crippen molar-refractivity contribution < 1.29 is 9.59 Å². The van der Waals surface area contributed by atoms with Crippen LogP contribution in [-0.4, -0.2) is 44.3 Å². The quantitative estimate of drug-likeness (QED) is 0.501. The van der Waals surface area contributed by atoms with E-state index in [1.807, 2.05) is 13.8 Å². The second-order valence-electron chi connectivity index (χ2n) is 7.41. The maximum Gasteiger partial charge on any atom is 0.329 e. The molecule has 0 saturated heterocycles. The van der Waals surface area contributed by atoms with Crippen molar-refractivity contribution in [3.05, 3.63) is 66.9 Å². The highest BCUT2D eigenvalue weighted by molar-refractivity contribution is 6.36. The molecular weight excluding hydrogens is 469 g/mol. The van der Waals surface area contributed by atoms with E-state index in [9.17, 15) is 19.2 Å². The predicted octanol–water partition coefficient (Wildman–Crippen LogP) is 3.29. The van der Waals surface area contributed by atoms with Crippen LogP contribution in [0.25, 0.3) is 11.0 Å². The van der Waals surface area contributed by atoms with Crippen LogP contribution >= 0.6 is 23.2 Å². The summed E-state index contributed by atoms with van der Waals surface area (Å²) in [4.78, 5) is 58.0. The van der Waals surface area contributed by atoms with E-state index in [0.29, 0.717) is 36.6 Å². The summed E-state index contributed by atoms with van der Waals surface area (Å²) >= 11 is 12.0. The molecule has 0 aliphatic rings. The molecule has 1 aromatic carbocycles. The molecule has 2 N–H and O–H groups in total. The molecule has 0 fully saturated rings. The molecule has 0 aliphatic carbocycles. The van der Waals surface area contributed by atoms with Crippen molar-refractivity contribution in [2.45, 2.75) is 33.2 Å². The third kappa shape index (κ3) is 5.61. The monoisotopic (exact) mass is 491 g/mol. The van der Waals surface area contributed by atoms with E-state index >= 15 is 0 Å². The zero-order chi connectivity index (χ0) is 24.1. The Hall–Kier alpha value is -3.17. The van der Waals surface area contributed by atoms with Crippen molar-refractivity contribution in [2.75, 3.05) is 18.4 Å². The number of anilines is 1. The molecule has 0 spiro atoms. The summed E-state index contributed by atoms with van der Waals surface area (Å²) in [6.07, 6.45) is 2.59. The number of fused-ring (bicyclic) bond motifs is 1. The highest BCUT2D eigenvalue weighted by Gasteiger charge is 2.21. The molecule has 0 saturated carbocycles. The van der Waals surface area contributed by atoms with Gasteiger partial charge in [0, 0.05) is 24.3 Å². The maximum atomic E-state index is 13.1. The summed E-state index contributed by atoms with van der Waals surface area (Å²) in [6.45, 7) is 4.23. The van der Waals surface area contributed by atoms with Gasteiger partial charge in [0.15, 0.2) is 0 Å². The van der Waals surface area contributed by atoms with E-state index < -0.39 is 23.1 Å². The van der Waals surface area contributed by atoms with Crippen molar-refractivity contribution in [3.8, 4) is 0 Å². The van der Waals surface area contributed by atoms with Crippen LogP contribution < -0.4 is 16.6 Å². The first kappa shape index (κ1) is 24.5. The molecule has 9 nitrogen and oxygen atoms in total. The van der Waals surface area contributed by atoms with E-state index in [-0.39, 0.29) is 28.2 Å². The minimum absolute atomic E-state index is 0.128. The topological polar surface area (TPSA) is 117 Å². The second-order valence-corrected chi connectivity index (χ2v) is 8.25. The van der Waals surface area contributed by atoms with Gasteiger partial charge in [-0.3, -0.25) is 23.9 Å². The molecule has 2 amide bonds. The van der Waals surface area contributed by atoms with Crippen LogP contribution in [0.3, 0.4) is 0 Å². The Kier molecular flexibility index (Phi) is 7.88. The molecule has 3 rings (SSSR count). The van der Waals surface area contributed by atoms with E-state index in [0.717, 1.165) is 0 Å². The molecule has 0 bridgehead atoms. The number of nitrogens with zero attached hydrogens (tertiary/aromatic N) is 3. The number of pyridine rings is 1. The smallest absolute Gasteiger partial charge is 0.329 e. The number of aromatic amines is 1. The average molecular weight is 492 g/mol. The lowest BCUT2D eigenvalue weighted by atomic mass is 10.2. The largest absolute Gasteiger partial charge is 0.329 e. The number of H-pyrrole nitrogens is 1. The number of hydrogen-bond donors (Lipinski definition) is 2. The van der Waals surface area contributed by atoms with Crippen molar-refractivity contribution in [1.29, 1.82) is 0 Å². The molecule has 174 valence electrons. The number of halogens is 2.